The Balaban J connectivity index is 1.77. The summed E-state index contributed by atoms with van der Waals surface area (Å²) >= 11 is 6.10. The summed E-state index contributed by atoms with van der Waals surface area (Å²) in [5.41, 5.74) is 2.80. The Kier molecular flexibility index (Phi) is 4.97. The monoisotopic (exact) mass is 368 g/mol. The second kappa shape index (κ2) is 7.19. The van der Waals surface area contributed by atoms with E-state index in [-0.39, 0.29) is 16.7 Å². The Morgan fingerprint density at radius 3 is 2.69 bits per heavy atom. The number of carbonyl (C=O) groups is 2. The van der Waals surface area contributed by atoms with E-state index in [1.165, 1.54) is 13.0 Å². The number of benzene rings is 2. The van der Waals surface area contributed by atoms with Crippen LogP contribution >= 0.6 is 11.6 Å². The first-order valence-corrected chi connectivity index (χ1v) is 8.60. The summed E-state index contributed by atoms with van der Waals surface area (Å²) in [5, 5.41) is 9.16. The predicted molar refractivity (Wildman–Crippen MR) is 98.8 cm³/mol. The minimum absolute atomic E-state index is 0.00464. The standard InChI is InChI=1S/C20H17ClN2O3/c1-12(26-19-6-3-14(11-22)9-17(19)21)20(25)16-4-5-18-15(10-16)7-8-23(18)13(2)24/h3-6,9-10,12H,7-8H2,1-2H3/t12-/m0/s1. The highest BCUT2D eigenvalue weighted by atomic mass is 35.5. The van der Waals surface area contributed by atoms with Crippen molar-refractivity contribution in [3.05, 3.63) is 58.1 Å². The minimum atomic E-state index is -0.733. The molecule has 0 unspecified atom stereocenters. The van der Waals surface area contributed by atoms with Crippen molar-refractivity contribution in [2.24, 2.45) is 0 Å². The molecule has 26 heavy (non-hydrogen) atoms. The van der Waals surface area contributed by atoms with E-state index >= 15 is 0 Å². The molecule has 1 aliphatic rings. The van der Waals surface area contributed by atoms with Crippen LogP contribution in [0.15, 0.2) is 36.4 Å². The van der Waals surface area contributed by atoms with Crippen LogP contribution in [-0.4, -0.2) is 24.3 Å². The number of ether oxygens (including phenoxy) is 1. The van der Waals surface area contributed by atoms with E-state index in [0.29, 0.717) is 23.4 Å². The zero-order chi connectivity index (χ0) is 18.8. The summed E-state index contributed by atoms with van der Waals surface area (Å²) in [5.74, 6) is 0.180. The number of fused-ring (bicyclic) bond motifs is 1. The fraction of sp³-hybridized carbons (Fsp3) is 0.250. The molecular weight excluding hydrogens is 352 g/mol. The normalized spacial score (nSPS) is 13.7. The molecule has 2 aromatic rings. The highest BCUT2D eigenvalue weighted by Crippen LogP contribution is 2.30. The number of halogens is 1. The molecule has 0 bridgehead atoms. The van der Waals surface area contributed by atoms with Gasteiger partial charge in [0.2, 0.25) is 11.7 Å². The number of carbonyl (C=O) groups excluding carboxylic acids is 2. The molecule has 5 nitrogen and oxygen atoms in total. The van der Waals surface area contributed by atoms with Gasteiger partial charge in [0, 0.05) is 24.7 Å². The molecule has 6 heteroatoms. The quantitative estimate of drug-likeness (QED) is 0.770. The Hall–Kier alpha value is -2.84. The third-order valence-corrected chi connectivity index (χ3v) is 4.67. The largest absolute Gasteiger partial charge is 0.481 e. The molecule has 0 saturated carbocycles. The van der Waals surface area contributed by atoms with Crippen LogP contribution in [0, 0.1) is 11.3 Å². The second-order valence-corrected chi connectivity index (χ2v) is 6.55. The smallest absolute Gasteiger partial charge is 0.223 e. The Bertz CT molecular complexity index is 933. The first kappa shape index (κ1) is 18.0. The maximum Gasteiger partial charge on any atom is 0.223 e. The Morgan fingerprint density at radius 2 is 2.04 bits per heavy atom. The van der Waals surface area contributed by atoms with Gasteiger partial charge < -0.3 is 9.64 Å². The van der Waals surface area contributed by atoms with Crippen molar-refractivity contribution in [2.75, 3.05) is 11.4 Å². The lowest BCUT2D eigenvalue weighted by Gasteiger charge is -2.17. The van der Waals surface area contributed by atoms with Gasteiger partial charge in [-0.2, -0.15) is 5.26 Å². The van der Waals surface area contributed by atoms with Gasteiger partial charge in [-0.05, 0) is 55.3 Å². The van der Waals surface area contributed by atoms with E-state index in [1.807, 2.05) is 12.1 Å². The zero-order valence-corrected chi connectivity index (χ0v) is 15.2. The molecule has 1 amide bonds. The number of rotatable bonds is 4. The molecule has 132 valence electrons. The van der Waals surface area contributed by atoms with E-state index in [9.17, 15) is 9.59 Å². The molecule has 0 fully saturated rings. The lowest BCUT2D eigenvalue weighted by molar-refractivity contribution is -0.116. The van der Waals surface area contributed by atoms with Crippen molar-refractivity contribution in [1.82, 2.24) is 0 Å². The van der Waals surface area contributed by atoms with Crippen molar-refractivity contribution >= 4 is 29.0 Å². The average Bonchev–Trinajstić information content (AvgIpc) is 3.06. The summed E-state index contributed by atoms with van der Waals surface area (Å²) in [4.78, 5) is 26.0. The number of nitrogens with zero attached hydrogens (tertiary/aromatic N) is 2. The van der Waals surface area contributed by atoms with Crippen molar-refractivity contribution in [3.8, 4) is 11.8 Å². The van der Waals surface area contributed by atoms with Gasteiger partial charge in [0.15, 0.2) is 6.10 Å². The van der Waals surface area contributed by atoms with Gasteiger partial charge in [-0.1, -0.05) is 11.6 Å². The Labute approximate surface area is 156 Å². The van der Waals surface area contributed by atoms with Gasteiger partial charge in [-0.25, -0.2) is 0 Å². The van der Waals surface area contributed by atoms with Gasteiger partial charge in [0.05, 0.1) is 16.7 Å². The summed E-state index contributed by atoms with van der Waals surface area (Å²) in [6.45, 7) is 3.83. The van der Waals surface area contributed by atoms with E-state index in [4.69, 9.17) is 21.6 Å². The minimum Gasteiger partial charge on any atom is -0.481 e. The van der Waals surface area contributed by atoms with Gasteiger partial charge in [-0.3, -0.25) is 9.59 Å². The number of hydrogen-bond donors (Lipinski definition) is 0. The summed E-state index contributed by atoms with van der Waals surface area (Å²) in [7, 11) is 0. The van der Waals surface area contributed by atoms with Crippen LogP contribution in [0.25, 0.3) is 0 Å². The number of ketones is 1. The van der Waals surface area contributed by atoms with Crippen molar-refractivity contribution < 1.29 is 14.3 Å². The van der Waals surface area contributed by atoms with Crippen LogP contribution in [-0.2, 0) is 11.2 Å². The van der Waals surface area contributed by atoms with Crippen LogP contribution in [0.3, 0.4) is 0 Å². The van der Waals surface area contributed by atoms with E-state index in [1.54, 1.807) is 36.1 Å². The predicted octanol–water partition coefficient (Wildman–Crippen LogP) is 3.77. The molecule has 0 N–H and O–H groups in total. The van der Waals surface area contributed by atoms with E-state index < -0.39 is 6.10 Å². The van der Waals surface area contributed by atoms with Gasteiger partial charge in [0.1, 0.15) is 5.75 Å². The highest BCUT2D eigenvalue weighted by molar-refractivity contribution is 6.32. The van der Waals surface area contributed by atoms with Crippen molar-refractivity contribution in [1.29, 1.82) is 5.26 Å². The second-order valence-electron chi connectivity index (χ2n) is 6.15. The topological polar surface area (TPSA) is 70.4 Å². The molecule has 1 aliphatic heterocycles. The van der Waals surface area contributed by atoms with E-state index in [0.717, 1.165) is 17.7 Å². The zero-order valence-electron chi connectivity index (χ0n) is 14.5. The molecule has 0 radical (unpaired) electrons. The number of Topliss-reactive ketones (excluding diaryl/α,β-unsaturated/α-hetero) is 1. The molecule has 0 aromatic heterocycles. The van der Waals surface area contributed by atoms with Crippen LogP contribution < -0.4 is 9.64 Å². The maximum absolute atomic E-state index is 12.7. The Morgan fingerprint density at radius 1 is 1.27 bits per heavy atom. The maximum atomic E-state index is 12.7. The first-order chi connectivity index (χ1) is 12.4. The van der Waals surface area contributed by atoms with Crippen molar-refractivity contribution in [2.45, 2.75) is 26.4 Å². The molecule has 3 rings (SSSR count). The molecular formula is C20H17ClN2O3. The van der Waals surface area contributed by atoms with Crippen LogP contribution in [0.2, 0.25) is 5.02 Å². The lowest BCUT2D eigenvalue weighted by Crippen LogP contribution is -2.26. The molecule has 1 heterocycles. The van der Waals surface area contributed by atoms with Gasteiger partial charge in [-0.15, -0.1) is 0 Å². The van der Waals surface area contributed by atoms with Crippen LogP contribution in [0.4, 0.5) is 5.69 Å². The van der Waals surface area contributed by atoms with Gasteiger partial charge >= 0.3 is 0 Å². The SMILES string of the molecule is CC(=O)N1CCc2cc(C(=O)[C@H](C)Oc3ccc(C#N)cc3Cl)ccc21. The first-order valence-electron chi connectivity index (χ1n) is 8.22. The molecule has 1 atom stereocenters. The van der Waals surface area contributed by atoms with Crippen LogP contribution in [0.1, 0.15) is 35.3 Å². The molecule has 2 aromatic carbocycles. The fourth-order valence-corrected chi connectivity index (χ4v) is 3.25. The number of hydrogen-bond acceptors (Lipinski definition) is 4. The highest BCUT2D eigenvalue weighted by Gasteiger charge is 2.25. The number of amides is 1. The van der Waals surface area contributed by atoms with Gasteiger partial charge in [0.25, 0.3) is 0 Å². The molecule has 0 aliphatic carbocycles. The summed E-state index contributed by atoms with van der Waals surface area (Å²) in [6, 6.07) is 12.0. The molecule has 0 saturated heterocycles. The fourth-order valence-electron chi connectivity index (χ4n) is 3.03. The average molecular weight is 369 g/mol. The molecule has 0 spiro atoms. The summed E-state index contributed by atoms with van der Waals surface area (Å²) < 4.78 is 5.68. The lowest BCUT2D eigenvalue weighted by atomic mass is 10.0. The van der Waals surface area contributed by atoms with E-state index in [2.05, 4.69) is 0 Å². The number of nitriles is 1. The number of anilines is 1. The van der Waals surface area contributed by atoms with Crippen LogP contribution in [0.5, 0.6) is 5.75 Å². The third kappa shape index (κ3) is 3.42. The summed E-state index contributed by atoms with van der Waals surface area (Å²) in [6.07, 6.45) is -0.00370. The van der Waals surface area contributed by atoms with Crippen molar-refractivity contribution in [3.63, 3.8) is 0 Å². The third-order valence-electron chi connectivity index (χ3n) is 4.37.